The van der Waals surface area contributed by atoms with E-state index < -0.39 is 0 Å². The summed E-state index contributed by atoms with van der Waals surface area (Å²) in [5.41, 5.74) is 2.87. The molecule has 0 bridgehead atoms. The molecule has 1 N–H and O–H groups in total. The number of hydrogen-bond acceptors (Lipinski definition) is 4. The molecule has 3 aromatic heterocycles. The number of hydrogen-bond donors (Lipinski definition) is 1. The maximum Gasteiger partial charge on any atom is 0.179 e. The van der Waals surface area contributed by atoms with Crippen LogP contribution in [0.15, 0.2) is 29.0 Å². The molecule has 0 aliphatic rings. The highest BCUT2D eigenvalue weighted by Crippen LogP contribution is 2.14. The number of pyridine rings is 1. The van der Waals surface area contributed by atoms with Crippen molar-refractivity contribution in [1.82, 2.24) is 19.7 Å². The molecular formula is C11H10N4OS. The van der Waals surface area contributed by atoms with Crippen LogP contribution in [-0.2, 0) is 6.54 Å². The highest BCUT2D eigenvalue weighted by Gasteiger charge is 2.08. The molecule has 0 unspecified atom stereocenters. The van der Waals surface area contributed by atoms with Crippen LogP contribution in [0.2, 0.25) is 0 Å². The van der Waals surface area contributed by atoms with Gasteiger partial charge in [0.2, 0.25) is 0 Å². The highest BCUT2D eigenvalue weighted by atomic mass is 32.1. The SMILES string of the molecule is Cc1cnc2c(c1)[nH]c(=S)n2Cc1ccno1. The van der Waals surface area contributed by atoms with Gasteiger partial charge in [0.25, 0.3) is 0 Å². The van der Waals surface area contributed by atoms with Gasteiger partial charge >= 0.3 is 0 Å². The molecule has 0 spiro atoms. The molecule has 0 saturated carbocycles. The van der Waals surface area contributed by atoms with Crippen molar-refractivity contribution in [2.24, 2.45) is 0 Å². The molecular weight excluding hydrogens is 236 g/mol. The Morgan fingerprint density at radius 2 is 2.41 bits per heavy atom. The molecule has 0 aliphatic carbocycles. The minimum Gasteiger partial charge on any atom is -0.359 e. The van der Waals surface area contributed by atoms with Gasteiger partial charge in [-0.25, -0.2) is 4.98 Å². The zero-order chi connectivity index (χ0) is 11.8. The van der Waals surface area contributed by atoms with E-state index in [1.54, 1.807) is 6.20 Å². The van der Waals surface area contributed by atoms with Crippen molar-refractivity contribution in [1.29, 1.82) is 0 Å². The minimum atomic E-state index is 0.537. The second-order valence-electron chi connectivity index (χ2n) is 3.88. The quantitative estimate of drug-likeness (QED) is 0.705. The van der Waals surface area contributed by atoms with Gasteiger partial charge in [0, 0.05) is 12.3 Å². The van der Waals surface area contributed by atoms with Crippen molar-refractivity contribution < 1.29 is 4.52 Å². The summed E-state index contributed by atoms with van der Waals surface area (Å²) in [4.78, 5) is 7.52. The lowest BCUT2D eigenvalue weighted by atomic mass is 10.3. The molecule has 3 rings (SSSR count). The number of aromatic nitrogens is 4. The summed E-state index contributed by atoms with van der Waals surface area (Å²) in [6, 6.07) is 3.84. The summed E-state index contributed by atoms with van der Waals surface area (Å²) in [6.45, 7) is 2.53. The van der Waals surface area contributed by atoms with Crippen LogP contribution in [0.25, 0.3) is 11.2 Å². The third-order valence-corrected chi connectivity index (χ3v) is 2.87. The minimum absolute atomic E-state index is 0.537. The fourth-order valence-electron chi connectivity index (χ4n) is 1.77. The molecule has 17 heavy (non-hydrogen) atoms. The van der Waals surface area contributed by atoms with Gasteiger partial charge in [-0.3, -0.25) is 4.57 Å². The van der Waals surface area contributed by atoms with E-state index in [0.29, 0.717) is 11.3 Å². The molecule has 3 aromatic rings. The van der Waals surface area contributed by atoms with Crippen LogP contribution < -0.4 is 0 Å². The monoisotopic (exact) mass is 246 g/mol. The van der Waals surface area contributed by atoms with Crippen molar-refractivity contribution in [2.75, 3.05) is 0 Å². The predicted molar refractivity (Wildman–Crippen MR) is 65.3 cm³/mol. The maximum atomic E-state index is 5.27. The van der Waals surface area contributed by atoms with E-state index in [1.165, 1.54) is 0 Å². The Labute approximate surface area is 102 Å². The summed E-state index contributed by atoms with van der Waals surface area (Å²) < 4.78 is 7.60. The Kier molecular flexibility index (Phi) is 2.29. The van der Waals surface area contributed by atoms with Crippen LogP contribution in [0.3, 0.4) is 0 Å². The van der Waals surface area contributed by atoms with Crippen molar-refractivity contribution in [3.05, 3.63) is 40.6 Å². The van der Waals surface area contributed by atoms with Crippen molar-refractivity contribution in [3.8, 4) is 0 Å². The first-order valence-corrected chi connectivity index (χ1v) is 5.59. The average Bonchev–Trinajstić information content (AvgIpc) is 2.88. The second-order valence-corrected chi connectivity index (χ2v) is 4.27. The highest BCUT2D eigenvalue weighted by molar-refractivity contribution is 7.71. The predicted octanol–water partition coefficient (Wildman–Crippen LogP) is 2.44. The number of H-pyrrole nitrogens is 1. The van der Waals surface area contributed by atoms with Crippen molar-refractivity contribution >= 4 is 23.4 Å². The summed E-state index contributed by atoms with van der Waals surface area (Å²) in [5.74, 6) is 0.754. The normalized spacial score (nSPS) is 11.1. The molecule has 0 radical (unpaired) electrons. The Balaban J connectivity index is 2.16. The summed E-state index contributed by atoms with van der Waals surface area (Å²) >= 11 is 5.27. The average molecular weight is 246 g/mol. The molecule has 0 aliphatic heterocycles. The lowest BCUT2D eigenvalue weighted by molar-refractivity contribution is 0.377. The molecule has 0 amide bonds. The maximum absolute atomic E-state index is 5.27. The number of imidazole rings is 1. The van der Waals surface area contributed by atoms with E-state index in [9.17, 15) is 0 Å². The topological polar surface area (TPSA) is 59.6 Å². The van der Waals surface area contributed by atoms with Gasteiger partial charge in [-0.15, -0.1) is 0 Å². The van der Waals surface area contributed by atoms with Crippen LogP contribution in [0.5, 0.6) is 0 Å². The Morgan fingerprint density at radius 1 is 1.53 bits per heavy atom. The molecule has 6 heteroatoms. The van der Waals surface area contributed by atoms with Crippen LogP contribution in [-0.4, -0.2) is 19.7 Å². The standard InChI is InChI=1S/C11H10N4OS/c1-7-4-9-10(12-5-7)15(11(17)14-9)6-8-2-3-13-16-8/h2-5H,6H2,1H3,(H,14,17). The van der Waals surface area contributed by atoms with Gasteiger partial charge in [-0.2, -0.15) is 0 Å². The zero-order valence-electron chi connectivity index (χ0n) is 9.17. The third-order valence-electron chi connectivity index (χ3n) is 2.55. The third kappa shape index (κ3) is 1.76. The summed E-state index contributed by atoms with van der Waals surface area (Å²) in [6.07, 6.45) is 3.44. The fraction of sp³-hybridized carbons (Fsp3) is 0.182. The Hall–Kier alpha value is -1.95. The number of rotatable bonds is 2. The van der Waals surface area contributed by atoms with E-state index in [1.807, 2.05) is 29.8 Å². The molecule has 0 atom stereocenters. The summed E-state index contributed by atoms with van der Waals surface area (Å²) in [7, 11) is 0. The Bertz CT molecular complexity index is 711. The largest absolute Gasteiger partial charge is 0.359 e. The first-order chi connectivity index (χ1) is 8.24. The molecule has 5 nitrogen and oxygen atoms in total. The van der Waals surface area contributed by atoms with Gasteiger partial charge in [0.05, 0.1) is 18.3 Å². The fourth-order valence-corrected chi connectivity index (χ4v) is 2.04. The molecule has 3 heterocycles. The zero-order valence-corrected chi connectivity index (χ0v) is 9.99. The van der Waals surface area contributed by atoms with Gasteiger partial charge in [0.1, 0.15) is 0 Å². The number of nitrogens with zero attached hydrogens (tertiary/aromatic N) is 3. The van der Waals surface area contributed by atoms with Crippen LogP contribution in [0, 0.1) is 11.7 Å². The van der Waals surface area contributed by atoms with Crippen LogP contribution in [0.4, 0.5) is 0 Å². The van der Waals surface area contributed by atoms with Gasteiger partial charge in [0.15, 0.2) is 16.2 Å². The van der Waals surface area contributed by atoms with Crippen molar-refractivity contribution in [3.63, 3.8) is 0 Å². The first-order valence-electron chi connectivity index (χ1n) is 5.19. The molecule has 0 saturated heterocycles. The van der Waals surface area contributed by atoms with Crippen LogP contribution in [0.1, 0.15) is 11.3 Å². The Morgan fingerprint density at radius 3 is 3.18 bits per heavy atom. The van der Waals surface area contributed by atoms with E-state index in [4.69, 9.17) is 16.7 Å². The summed E-state index contributed by atoms with van der Waals surface area (Å²) in [5, 5.41) is 3.67. The smallest absolute Gasteiger partial charge is 0.179 e. The van der Waals surface area contributed by atoms with E-state index in [-0.39, 0.29) is 0 Å². The number of aryl methyl sites for hydroxylation is 1. The molecule has 0 fully saturated rings. The van der Waals surface area contributed by atoms with Gasteiger partial charge in [-0.1, -0.05) is 5.16 Å². The van der Waals surface area contributed by atoms with Crippen molar-refractivity contribution in [2.45, 2.75) is 13.5 Å². The number of fused-ring (bicyclic) bond motifs is 1. The van der Waals surface area contributed by atoms with E-state index in [2.05, 4.69) is 15.1 Å². The van der Waals surface area contributed by atoms with Gasteiger partial charge in [-0.05, 0) is 30.8 Å². The second kappa shape index (κ2) is 3.81. The van der Waals surface area contributed by atoms with E-state index in [0.717, 1.165) is 22.5 Å². The first kappa shape index (κ1) is 10.2. The molecule has 0 aromatic carbocycles. The van der Waals surface area contributed by atoms with E-state index >= 15 is 0 Å². The lowest BCUT2D eigenvalue weighted by Crippen LogP contribution is -1.99. The number of nitrogens with one attached hydrogen (secondary N) is 1. The lowest BCUT2D eigenvalue weighted by Gasteiger charge is -2.00. The molecule has 86 valence electrons. The number of aromatic amines is 1. The van der Waals surface area contributed by atoms with Crippen LogP contribution >= 0.6 is 12.2 Å². The van der Waals surface area contributed by atoms with Gasteiger partial charge < -0.3 is 9.51 Å².